The maximum absolute atomic E-state index is 12.4. The van der Waals surface area contributed by atoms with Gasteiger partial charge >= 0.3 is 0 Å². The number of benzene rings is 2. The lowest BCUT2D eigenvalue weighted by Gasteiger charge is -2.10. The molecule has 0 spiro atoms. The Kier molecular flexibility index (Phi) is 5.84. The van der Waals surface area contributed by atoms with Crippen LogP contribution in [-0.2, 0) is 11.8 Å². The second kappa shape index (κ2) is 8.58. The number of likely N-dealkylation sites (N-methyl/N-ethyl adjacent to an activating group) is 1. The number of hydrogen-bond acceptors (Lipinski definition) is 6. The molecule has 2 heterocycles. The summed E-state index contributed by atoms with van der Waals surface area (Å²) in [5.74, 6) is 0.628. The lowest BCUT2D eigenvalue weighted by molar-refractivity contribution is -0.127. The average Bonchev–Trinajstić information content (AvgIpc) is 3.30. The molecule has 2 N–H and O–H groups in total. The van der Waals surface area contributed by atoms with E-state index in [1.807, 2.05) is 23.7 Å². The standard InChI is InChI=1S/C23H26N6O2S/c1-13(2)14-6-8-16-19(11-14)32-23(26-16)27-22-25-17-10-15(7-9-18(17)29(22)5)21(31)24-12-20(30)28(3)4/h6-11,13H,12H2,1-5H3,(H,24,31)(H,25,26,27). The lowest BCUT2D eigenvalue weighted by atomic mass is 10.0. The highest BCUT2D eigenvalue weighted by Crippen LogP contribution is 2.31. The number of carbonyl (C=O) groups is 2. The van der Waals surface area contributed by atoms with E-state index in [0.29, 0.717) is 22.9 Å². The fraction of sp³-hybridized carbons (Fsp3) is 0.304. The Balaban J connectivity index is 1.56. The highest BCUT2D eigenvalue weighted by Gasteiger charge is 2.15. The Bertz CT molecular complexity index is 1320. The van der Waals surface area contributed by atoms with Crippen molar-refractivity contribution in [3.05, 3.63) is 47.5 Å². The van der Waals surface area contributed by atoms with Crippen LogP contribution in [0.1, 0.15) is 35.7 Å². The molecule has 0 saturated heterocycles. The molecule has 0 unspecified atom stereocenters. The highest BCUT2D eigenvalue weighted by molar-refractivity contribution is 7.22. The van der Waals surface area contributed by atoms with E-state index >= 15 is 0 Å². The van der Waals surface area contributed by atoms with Gasteiger partial charge < -0.3 is 20.1 Å². The Morgan fingerprint density at radius 3 is 2.59 bits per heavy atom. The Morgan fingerprint density at radius 2 is 1.88 bits per heavy atom. The second-order valence-corrected chi connectivity index (χ2v) is 9.23. The van der Waals surface area contributed by atoms with E-state index in [1.54, 1.807) is 37.6 Å². The van der Waals surface area contributed by atoms with Crippen LogP contribution in [0.3, 0.4) is 0 Å². The van der Waals surface area contributed by atoms with Gasteiger partial charge in [0.05, 0.1) is 27.8 Å². The SMILES string of the molecule is CC(C)c1ccc2nc(Nc3nc4cc(C(=O)NCC(=O)N(C)C)ccc4n3C)sc2c1. The molecular formula is C23H26N6O2S. The predicted molar refractivity (Wildman–Crippen MR) is 129 cm³/mol. The molecule has 9 heteroatoms. The zero-order chi connectivity index (χ0) is 23.0. The van der Waals surface area contributed by atoms with Crippen molar-refractivity contribution in [1.29, 1.82) is 0 Å². The summed E-state index contributed by atoms with van der Waals surface area (Å²) in [6.07, 6.45) is 0. The maximum atomic E-state index is 12.4. The molecule has 166 valence electrons. The summed E-state index contributed by atoms with van der Waals surface area (Å²) in [6.45, 7) is 4.31. The molecular weight excluding hydrogens is 424 g/mol. The summed E-state index contributed by atoms with van der Waals surface area (Å²) in [7, 11) is 5.21. The summed E-state index contributed by atoms with van der Waals surface area (Å²) in [6, 6.07) is 11.7. The first-order valence-corrected chi connectivity index (χ1v) is 11.2. The third-order valence-electron chi connectivity index (χ3n) is 5.34. The van der Waals surface area contributed by atoms with Crippen LogP contribution in [0.2, 0.25) is 0 Å². The van der Waals surface area contributed by atoms with Crippen molar-refractivity contribution in [3.8, 4) is 0 Å². The minimum absolute atomic E-state index is 0.0466. The van der Waals surface area contributed by atoms with E-state index in [4.69, 9.17) is 0 Å². The van der Waals surface area contributed by atoms with Gasteiger partial charge in [0.1, 0.15) is 0 Å². The van der Waals surface area contributed by atoms with Crippen LogP contribution in [0, 0.1) is 0 Å². The van der Waals surface area contributed by atoms with Crippen molar-refractivity contribution in [1.82, 2.24) is 24.8 Å². The van der Waals surface area contributed by atoms with Gasteiger partial charge in [0.25, 0.3) is 5.91 Å². The number of fused-ring (bicyclic) bond motifs is 2. The van der Waals surface area contributed by atoms with E-state index in [0.717, 1.165) is 20.9 Å². The van der Waals surface area contributed by atoms with Crippen molar-refractivity contribution in [2.75, 3.05) is 26.0 Å². The Morgan fingerprint density at radius 1 is 1.09 bits per heavy atom. The van der Waals surface area contributed by atoms with Crippen LogP contribution >= 0.6 is 11.3 Å². The molecule has 0 fully saturated rings. The predicted octanol–water partition coefficient (Wildman–Crippen LogP) is 3.87. The number of rotatable bonds is 6. The van der Waals surface area contributed by atoms with Gasteiger partial charge in [-0.15, -0.1) is 0 Å². The van der Waals surface area contributed by atoms with Crippen molar-refractivity contribution < 1.29 is 9.59 Å². The fourth-order valence-corrected chi connectivity index (χ4v) is 4.23. The van der Waals surface area contributed by atoms with E-state index < -0.39 is 0 Å². The van der Waals surface area contributed by atoms with Gasteiger partial charge in [0, 0.05) is 26.7 Å². The second-order valence-electron chi connectivity index (χ2n) is 8.19. The first-order valence-electron chi connectivity index (χ1n) is 10.3. The number of carbonyl (C=O) groups excluding carboxylic acids is 2. The first kappa shape index (κ1) is 21.8. The molecule has 4 rings (SSSR count). The molecule has 0 bridgehead atoms. The molecule has 0 aliphatic heterocycles. The maximum Gasteiger partial charge on any atom is 0.251 e. The number of thiazole rings is 1. The number of aryl methyl sites for hydroxylation is 1. The molecule has 0 radical (unpaired) electrons. The zero-order valence-corrected chi connectivity index (χ0v) is 19.6. The quantitative estimate of drug-likeness (QED) is 0.465. The van der Waals surface area contributed by atoms with Crippen molar-refractivity contribution in [2.45, 2.75) is 19.8 Å². The monoisotopic (exact) mass is 450 g/mol. The van der Waals surface area contributed by atoms with E-state index in [2.05, 4.69) is 46.6 Å². The van der Waals surface area contributed by atoms with Crippen LogP contribution < -0.4 is 10.6 Å². The molecule has 8 nitrogen and oxygen atoms in total. The largest absolute Gasteiger partial charge is 0.347 e. The number of hydrogen-bond donors (Lipinski definition) is 2. The Hall–Kier alpha value is -3.46. The van der Waals surface area contributed by atoms with Gasteiger partial charge in [0.2, 0.25) is 11.9 Å². The van der Waals surface area contributed by atoms with Crippen molar-refractivity contribution in [2.24, 2.45) is 7.05 Å². The van der Waals surface area contributed by atoms with Gasteiger partial charge in [-0.3, -0.25) is 9.59 Å². The van der Waals surface area contributed by atoms with Gasteiger partial charge in [-0.1, -0.05) is 31.3 Å². The number of amides is 2. The molecule has 0 saturated carbocycles. The van der Waals surface area contributed by atoms with Crippen LogP contribution in [-0.4, -0.2) is 51.9 Å². The molecule has 32 heavy (non-hydrogen) atoms. The molecule has 0 aliphatic rings. The summed E-state index contributed by atoms with van der Waals surface area (Å²) >= 11 is 1.59. The van der Waals surface area contributed by atoms with E-state index in [9.17, 15) is 9.59 Å². The van der Waals surface area contributed by atoms with E-state index in [-0.39, 0.29) is 18.4 Å². The topological polar surface area (TPSA) is 92.1 Å². The third kappa shape index (κ3) is 4.29. The Labute approximate surface area is 190 Å². The molecule has 2 amide bonds. The van der Waals surface area contributed by atoms with Gasteiger partial charge in [-0.05, 0) is 41.8 Å². The fourth-order valence-electron chi connectivity index (χ4n) is 3.32. The van der Waals surface area contributed by atoms with Gasteiger partial charge in [-0.25, -0.2) is 9.97 Å². The van der Waals surface area contributed by atoms with Gasteiger partial charge in [0.15, 0.2) is 5.13 Å². The number of anilines is 2. The summed E-state index contributed by atoms with van der Waals surface area (Å²) in [5.41, 5.74) is 4.26. The first-order chi connectivity index (χ1) is 15.2. The summed E-state index contributed by atoms with van der Waals surface area (Å²) < 4.78 is 3.06. The van der Waals surface area contributed by atoms with Crippen LogP contribution in [0.5, 0.6) is 0 Å². The van der Waals surface area contributed by atoms with Crippen molar-refractivity contribution in [3.63, 3.8) is 0 Å². The minimum atomic E-state index is -0.311. The number of imidazole rings is 1. The summed E-state index contributed by atoms with van der Waals surface area (Å²) in [5, 5.41) is 6.72. The summed E-state index contributed by atoms with van der Waals surface area (Å²) in [4.78, 5) is 34.9. The molecule has 2 aromatic heterocycles. The minimum Gasteiger partial charge on any atom is -0.347 e. The molecule has 0 aliphatic carbocycles. The third-order valence-corrected chi connectivity index (χ3v) is 6.27. The number of nitrogens with zero attached hydrogens (tertiary/aromatic N) is 4. The van der Waals surface area contributed by atoms with Crippen molar-refractivity contribution >= 4 is 55.5 Å². The van der Waals surface area contributed by atoms with Crippen LogP contribution in [0.25, 0.3) is 21.3 Å². The average molecular weight is 451 g/mol. The van der Waals surface area contributed by atoms with Gasteiger partial charge in [-0.2, -0.15) is 0 Å². The smallest absolute Gasteiger partial charge is 0.251 e. The normalized spacial score (nSPS) is 11.3. The van der Waals surface area contributed by atoms with E-state index in [1.165, 1.54) is 10.5 Å². The molecule has 2 aromatic carbocycles. The van der Waals surface area contributed by atoms with Crippen LogP contribution in [0.15, 0.2) is 36.4 Å². The zero-order valence-electron chi connectivity index (χ0n) is 18.8. The molecule has 0 atom stereocenters. The molecule has 4 aromatic rings. The lowest BCUT2D eigenvalue weighted by Crippen LogP contribution is -2.36. The number of aromatic nitrogens is 3. The van der Waals surface area contributed by atoms with Crippen LogP contribution in [0.4, 0.5) is 11.1 Å². The highest BCUT2D eigenvalue weighted by atomic mass is 32.1. The number of nitrogens with one attached hydrogen (secondary N) is 2.